The lowest BCUT2D eigenvalue weighted by atomic mass is 9.95. The summed E-state index contributed by atoms with van der Waals surface area (Å²) in [5, 5.41) is 6.19. The number of aromatic nitrogens is 2. The van der Waals surface area contributed by atoms with Gasteiger partial charge in [0.05, 0.1) is 6.04 Å². The summed E-state index contributed by atoms with van der Waals surface area (Å²) in [6.45, 7) is 0.685. The molecule has 0 fully saturated rings. The molecule has 6 heteroatoms. The van der Waals surface area contributed by atoms with Crippen LogP contribution in [0, 0.1) is 0 Å². The summed E-state index contributed by atoms with van der Waals surface area (Å²) >= 11 is 5.76. The molecular weight excluding hydrogens is 276 g/mol. The molecule has 2 N–H and O–H groups in total. The second-order valence-electron chi connectivity index (χ2n) is 4.60. The van der Waals surface area contributed by atoms with Crippen molar-refractivity contribution in [1.82, 2.24) is 15.3 Å². The number of anilines is 1. The summed E-state index contributed by atoms with van der Waals surface area (Å²) in [6.07, 6.45) is 2.16. The Morgan fingerprint density at radius 3 is 2.90 bits per heavy atom. The Labute approximate surface area is 121 Å². The molecule has 1 aromatic heterocycles. The van der Waals surface area contributed by atoms with Gasteiger partial charge in [-0.15, -0.1) is 0 Å². The highest BCUT2D eigenvalue weighted by molar-refractivity contribution is 6.29. The molecule has 0 saturated heterocycles. The van der Waals surface area contributed by atoms with Crippen LogP contribution in [0.15, 0.2) is 36.5 Å². The molecule has 2 heterocycles. The third-order valence-corrected chi connectivity index (χ3v) is 3.46. The minimum absolute atomic E-state index is 0.151. The van der Waals surface area contributed by atoms with Gasteiger partial charge >= 0.3 is 0 Å². The number of hydrogen-bond donors (Lipinski definition) is 2. The SMILES string of the molecule is O=C(Nc1nccc(Cl)n1)[C@H]1Cc2ccccc2CN1. The fourth-order valence-corrected chi connectivity index (χ4v) is 2.37. The largest absolute Gasteiger partial charge is 0.301 e. The zero-order chi connectivity index (χ0) is 13.9. The van der Waals surface area contributed by atoms with E-state index in [1.165, 1.54) is 17.3 Å². The zero-order valence-electron chi connectivity index (χ0n) is 10.6. The standard InChI is InChI=1S/C14H13ClN4O/c15-12-5-6-16-14(18-12)19-13(20)11-7-9-3-1-2-4-10(9)8-17-11/h1-6,11,17H,7-8H2,(H,16,18,19,20)/t11-/m1/s1. The Balaban J connectivity index is 1.70. The maximum Gasteiger partial charge on any atom is 0.244 e. The van der Waals surface area contributed by atoms with E-state index in [-0.39, 0.29) is 17.9 Å². The minimum atomic E-state index is -0.285. The summed E-state index contributed by atoms with van der Waals surface area (Å²) in [5.74, 6) is 0.0740. The monoisotopic (exact) mass is 288 g/mol. The Hall–Kier alpha value is -1.98. The highest BCUT2D eigenvalue weighted by Gasteiger charge is 2.24. The van der Waals surface area contributed by atoms with E-state index in [1.54, 1.807) is 6.07 Å². The van der Waals surface area contributed by atoms with E-state index in [0.717, 1.165) is 0 Å². The molecule has 1 aliphatic heterocycles. The van der Waals surface area contributed by atoms with Crippen LogP contribution in [-0.4, -0.2) is 21.9 Å². The van der Waals surface area contributed by atoms with Crippen LogP contribution >= 0.6 is 11.6 Å². The van der Waals surface area contributed by atoms with Crippen molar-refractivity contribution in [2.45, 2.75) is 19.0 Å². The summed E-state index contributed by atoms with van der Waals surface area (Å²) in [6, 6.07) is 9.38. The van der Waals surface area contributed by atoms with Crippen LogP contribution in [0.25, 0.3) is 0 Å². The van der Waals surface area contributed by atoms with Crippen LogP contribution < -0.4 is 10.6 Å². The van der Waals surface area contributed by atoms with Gasteiger partial charge in [-0.2, -0.15) is 0 Å². The molecule has 0 spiro atoms. The first kappa shape index (κ1) is 13.0. The lowest BCUT2D eigenvalue weighted by molar-refractivity contribution is -0.118. The molecule has 0 saturated carbocycles. The minimum Gasteiger partial charge on any atom is -0.301 e. The number of hydrogen-bond acceptors (Lipinski definition) is 4. The second-order valence-corrected chi connectivity index (χ2v) is 4.99. The molecule has 5 nitrogen and oxygen atoms in total. The van der Waals surface area contributed by atoms with Gasteiger partial charge in [-0.05, 0) is 23.6 Å². The molecule has 102 valence electrons. The van der Waals surface area contributed by atoms with E-state index < -0.39 is 0 Å². The third kappa shape index (κ3) is 2.79. The van der Waals surface area contributed by atoms with Gasteiger partial charge < -0.3 is 5.32 Å². The number of halogens is 1. The average molecular weight is 289 g/mol. The smallest absolute Gasteiger partial charge is 0.244 e. The molecule has 1 aromatic carbocycles. The molecular formula is C14H13ClN4O. The molecule has 20 heavy (non-hydrogen) atoms. The predicted octanol–water partition coefficient (Wildman–Crippen LogP) is 1.78. The van der Waals surface area contributed by atoms with Gasteiger partial charge in [0.15, 0.2) is 0 Å². The van der Waals surface area contributed by atoms with Crippen molar-refractivity contribution in [3.8, 4) is 0 Å². The molecule has 0 bridgehead atoms. The van der Waals surface area contributed by atoms with Crippen molar-refractivity contribution in [2.75, 3.05) is 5.32 Å². The number of rotatable bonds is 2. The summed E-state index contributed by atoms with van der Waals surface area (Å²) < 4.78 is 0. The van der Waals surface area contributed by atoms with Crippen molar-refractivity contribution < 1.29 is 4.79 Å². The molecule has 3 rings (SSSR count). The van der Waals surface area contributed by atoms with Gasteiger partial charge in [0.25, 0.3) is 0 Å². The quantitative estimate of drug-likeness (QED) is 0.827. The van der Waals surface area contributed by atoms with Crippen LogP contribution in [0.4, 0.5) is 5.95 Å². The third-order valence-electron chi connectivity index (χ3n) is 3.25. The molecule has 1 atom stereocenters. The summed E-state index contributed by atoms with van der Waals surface area (Å²) in [7, 11) is 0. The first-order valence-electron chi connectivity index (χ1n) is 6.32. The highest BCUT2D eigenvalue weighted by Crippen LogP contribution is 2.17. The van der Waals surface area contributed by atoms with E-state index in [9.17, 15) is 4.79 Å². The fraction of sp³-hybridized carbons (Fsp3) is 0.214. The van der Waals surface area contributed by atoms with Crippen LogP contribution in [0.2, 0.25) is 5.15 Å². The number of fused-ring (bicyclic) bond motifs is 1. The maximum atomic E-state index is 12.2. The number of benzene rings is 1. The van der Waals surface area contributed by atoms with Crippen molar-refractivity contribution in [1.29, 1.82) is 0 Å². The lowest BCUT2D eigenvalue weighted by Crippen LogP contribution is -2.44. The number of nitrogens with zero attached hydrogens (tertiary/aromatic N) is 2. The van der Waals surface area contributed by atoms with Gasteiger partial charge in [-0.3, -0.25) is 10.1 Å². The molecule has 0 radical (unpaired) electrons. The van der Waals surface area contributed by atoms with E-state index >= 15 is 0 Å². The van der Waals surface area contributed by atoms with E-state index in [0.29, 0.717) is 18.1 Å². The molecule has 1 amide bonds. The molecule has 2 aromatic rings. The van der Waals surface area contributed by atoms with Gasteiger partial charge in [-0.25, -0.2) is 9.97 Å². The van der Waals surface area contributed by atoms with Crippen molar-refractivity contribution in [2.24, 2.45) is 0 Å². The highest BCUT2D eigenvalue weighted by atomic mass is 35.5. The van der Waals surface area contributed by atoms with Crippen LogP contribution in [0.5, 0.6) is 0 Å². The molecule has 0 aliphatic carbocycles. The Morgan fingerprint density at radius 2 is 2.10 bits per heavy atom. The Bertz CT molecular complexity index is 647. The zero-order valence-corrected chi connectivity index (χ0v) is 11.4. The van der Waals surface area contributed by atoms with Crippen LogP contribution in [-0.2, 0) is 17.8 Å². The van der Waals surface area contributed by atoms with Crippen molar-refractivity contribution in [3.05, 3.63) is 52.8 Å². The molecule has 1 aliphatic rings. The van der Waals surface area contributed by atoms with E-state index in [2.05, 4.69) is 26.7 Å². The Morgan fingerprint density at radius 1 is 1.30 bits per heavy atom. The topological polar surface area (TPSA) is 66.9 Å². The normalized spacial score (nSPS) is 17.4. The van der Waals surface area contributed by atoms with Crippen LogP contribution in [0.3, 0.4) is 0 Å². The first-order chi connectivity index (χ1) is 9.72. The van der Waals surface area contributed by atoms with Gasteiger partial charge in [0.1, 0.15) is 5.15 Å². The number of amides is 1. The van der Waals surface area contributed by atoms with Crippen molar-refractivity contribution >= 4 is 23.5 Å². The summed E-state index contributed by atoms with van der Waals surface area (Å²) in [5.41, 5.74) is 2.42. The van der Waals surface area contributed by atoms with Crippen molar-refractivity contribution in [3.63, 3.8) is 0 Å². The van der Waals surface area contributed by atoms with Crippen LogP contribution in [0.1, 0.15) is 11.1 Å². The fourth-order valence-electron chi connectivity index (χ4n) is 2.23. The van der Waals surface area contributed by atoms with E-state index in [1.807, 2.05) is 18.2 Å². The van der Waals surface area contributed by atoms with Gasteiger partial charge in [-0.1, -0.05) is 35.9 Å². The second kappa shape index (κ2) is 5.56. The number of carbonyl (C=O) groups excluding carboxylic acids is 1. The summed E-state index contributed by atoms with van der Waals surface area (Å²) in [4.78, 5) is 20.1. The first-order valence-corrected chi connectivity index (χ1v) is 6.70. The number of carbonyl (C=O) groups is 1. The molecule has 0 unspecified atom stereocenters. The van der Waals surface area contributed by atoms with Gasteiger partial charge in [0, 0.05) is 12.7 Å². The number of nitrogens with one attached hydrogen (secondary N) is 2. The average Bonchev–Trinajstić information content (AvgIpc) is 2.47. The Kier molecular flexibility index (Phi) is 3.62. The van der Waals surface area contributed by atoms with E-state index in [4.69, 9.17) is 11.6 Å². The lowest BCUT2D eigenvalue weighted by Gasteiger charge is -2.24. The maximum absolute atomic E-state index is 12.2. The van der Waals surface area contributed by atoms with Gasteiger partial charge in [0.2, 0.25) is 11.9 Å². The predicted molar refractivity (Wildman–Crippen MR) is 76.4 cm³/mol.